The van der Waals surface area contributed by atoms with Crippen molar-refractivity contribution in [2.75, 3.05) is 11.4 Å². The van der Waals surface area contributed by atoms with Crippen LogP contribution in [0.3, 0.4) is 0 Å². The average molecular weight is 332 g/mol. The molecule has 1 aliphatic rings. The first kappa shape index (κ1) is 15.5. The van der Waals surface area contributed by atoms with E-state index in [1.54, 1.807) is 29.4 Å². The number of benzene rings is 2. The van der Waals surface area contributed by atoms with Gasteiger partial charge in [-0.1, -0.05) is 24.3 Å². The summed E-state index contributed by atoms with van der Waals surface area (Å²) in [5.41, 5.74) is 5.44. The molecule has 0 radical (unpaired) electrons. The van der Waals surface area contributed by atoms with Gasteiger partial charge in [-0.15, -0.1) is 0 Å². The van der Waals surface area contributed by atoms with Gasteiger partial charge in [0.1, 0.15) is 5.82 Å². The van der Waals surface area contributed by atoms with E-state index in [0.717, 1.165) is 34.4 Å². The second-order valence-electron chi connectivity index (χ2n) is 6.25. The summed E-state index contributed by atoms with van der Waals surface area (Å²) in [6.07, 6.45) is 4.27. The fourth-order valence-electron chi connectivity index (χ4n) is 3.26. The Morgan fingerprint density at radius 2 is 1.80 bits per heavy atom. The molecular formula is C21H17FN2O. The number of hydrogen-bond acceptors (Lipinski definition) is 2. The van der Waals surface area contributed by atoms with Crippen LogP contribution in [0.1, 0.15) is 21.5 Å². The first-order valence-corrected chi connectivity index (χ1v) is 8.25. The maximum atomic E-state index is 13.1. The van der Waals surface area contributed by atoms with Gasteiger partial charge in [0.25, 0.3) is 5.91 Å². The molecule has 2 aromatic carbocycles. The van der Waals surface area contributed by atoms with Gasteiger partial charge in [0, 0.05) is 18.3 Å². The molecule has 0 aliphatic carbocycles. The quantitative estimate of drug-likeness (QED) is 0.697. The molecule has 2 heterocycles. The molecule has 25 heavy (non-hydrogen) atoms. The molecule has 1 aromatic heterocycles. The zero-order valence-electron chi connectivity index (χ0n) is 13.9. The van der Waals surface area contributed by atoms with Crippen molar-refractivity contribution >= 4 is 11.6 Å². The zero-order valence-corrected chi connectivity index (χ0v) is 13.9. The lowest BCUT2D eigenvalue weighted by Crippen LogP contribution is -2.38. The lowest BCUT2D eigenvalue weighted by Gasteiger charge is -2.29. The summed E-state index contributed by atoms with van der Waals surface area (Å²) in [7, 11) is 0. The van der Waals surface area contributed by atoms with E-state index in [9.17, 15) is 9.18 Å². The molecule has 0 spiro atoms. The van der Waals surface area contributed by atoms with E-state index >= 15 is 0 Å². The molecule has 1 aliphatic heterocycles. The van der Waals surface area contributed by atoms with E-state index in [2.05, 4.69) is 4.98 Å². The predicted molar refractivity (Wildman–Crippen MR) is 96.2 cm³/mol. The van der Waals surface area contributed by atoms with Crippen molar-refractivity contribution in [3.8, 4) is 11.1 Å². The SMILES string of the molecule is Cc1ccncc1N1CCc2ccc(-c3ccc(F)cc3)cc2C1=O. The Morgan fingerprint density at radius 1 is 1.04 bits per heavy atom. The molecule has 1 amide bonds. The Labute approximate surface area is 145 Å². The maximum absolute atomic E-state index is 13.1. The Kier molecular flexibility index (Phi) is 3.80. The summed E-state index contributed by atoms with van der Waals surface area (Å²) in [6.45, 7) is 2.63. The minimum Gasteiger partial charge on any atom is -0.306 e. The minimum absolute atomic E-state index is 0.0127. The van der Waals surface area contributed by atoms with Crippen LogP contribution in [0.15, 0.2) is 60.9 Å². The smallest absolute Gasteiger partial charge is 0.258 e. The van der Waals surface area contributed by atoms with Crippen LogP contribution in [-0.2, 0) is 6.42 Å². The summed E-state index contributed by atoms with van der Waals surface area (Å²) in [4.78, 5) is 19.0. The van der Waals surface area contributed by atoms with Crippen molar-refractivity contribution in [3.05, 3.63) is 83.4 Å². The monoisotopic (exact) mass is 332 g/mol. The number of carbonyl (C=O) groups is 1. The van der Waals surface area contributed by atoms with Crippen molar-refractivity contribution in [3.63, 3.8) is 0 Å². The topological polar surface area (TPSA) is 33.2 Å². The number of fused-ring (bicyclic) bond motifs is 1. The summed E-state index contributed by atoms with van der Waals surface area (Å²) in [5.74, 6) is -0.280. The third-order valence-electron chi connectivity index (χ3n) is 4.67. The minimum atomic E-state index is -0.268. The Hall–Kier alpha value is -3.01. The summed E-state index contributed by atoms with van der Waals surface area (Å²) in [6, 6.07) is 14.1. The molecular weight excluding hydrogens is 315 g/mol. The molecule has 3 nitrogen and oxygen atoms in total. The van der Waals surface area contributed by atoms with Crippen LogP contribution in [0.2, 0.25) is 0 Å². The molecule has 3 aromatic rings. The number of aromatic nitrogens is 1. The van der Waals surface area contributed by atoms with Crippen molar-refractivity contribution < 1.29 is 9.18 Å². The molecule has 0 N–H and O–H groups in total. The van der Waals surface area contributed by atoms with Gasteiger partial charge in [-0.05, 0) is 59.9 Å². The number of rotatable bonds is 2. The van der Waals surface area contributed by atoms with Gasteiger partial charge in [0.15, 0.2) is 0 Å². The van der Waals surface area contributed by atoms with Crippen molar-refractivity contribution in [1.29, 1.82) is 0 Å². The van der Waals surface area contributed by atoms with Gasteiger partial charge in [0.2, 0.25) is 0 Å². The Balaban J connectivity index is 1.74. The van der Waals surface area contributed by atoms with E-state index in [-0.39, 0.29) is 11.7 Å². The number of hydrogen-bond donors (Lipinski definition) is 0. The third kappa shape index (κ3) is 2.80. The van der Waals surface area contributed by atoms with E-state index < -0.39 is 0 Å². The number of aryl methyl sites for hydroxylation is 1. The van der Waals surface area contributed by atoms with Crippen LogP contribution in [0.5, 0.6) is 0 Å². The molecule has 0 unspecified atom stereocenters. The second-order valence-corrected chi connectivity index (χ2v) is 6.25. The first-order chi connectivity index (χ1) is 12.1. The molecule has 0 saturated carbocycles. The Morgan fingerprint density at radius 3 is 2.56 bits per heavy atom. The van der Waals surface area contributed by atoms with Crippen LogP contribution in [0.4, 0.5) is 10.1 Å². The molecule has 4 rings (SSSR count). The van der Waals surface area contributed by atoms with Gasteiger partial charge < -0.3 is 4.90 Å². The number of pyridine rings is 1. The maximum Gasteiger partial charge on any atom is 0.258 e. The normalized spacial score (nSPS) is 13.7. The van der Waals surface area contributed by atoms with Crippen LogP contribution in [0, 0.1) is 12.7 Å². The van der Waals surface area contributed by atoms with Gasteiger partial charge in [-0.2, -0.15) is 0 Å². The number of nitrogens with zero attached hydrogens (tertiary/aromatic N) is 2. The van der Waals surface area contributed by atoms with E-state index in [4.69, 9.17) is 0 Å². The average Bonchev–Trinajstić information content (AvgIpc) is 2.63. The van der Waals surface area contributed by atoms with Gasteiger partial charge >= 0.3 is 0 Å². The lowest BCUT2D eigenvalue weighted by atomic mass is 9.93. The molecule has 0 atom stereocenters. The molecule has 0 bridgehead atoms. The number of halogens is 1. The largest absolute Gasteiger partial charge is 0.306 e. The van der Waals surface area contributed by atoms with Crippen LogP contribution in [-0.4, -0.2) is 17.4 Å². The lowest BCUT2D eigenvalue weighted by molar-refractivity contribution is 0.0980. The summed E-state index contributed by atoms with van der Waals surface area (Å²) in [5, 5.41) is 0. The predicted octanol–water partition coefficient (Wildman–Crippen LogP) is 4.40. The second kappa shape index (κ2) is 6.13. The number of carbonyl (C=O) groups excluding carboxylic acids is 1. The zero-order chi connectivity index (χ0) is 17.4. The summed E-state index contributed by atoms with van der Waals surface area (Å²) < 4.78 is 13.1. The fourth-order valence-corrected chi connectivity index (χ4v) is 3.26. The third-order valence-corrected chi connectivity index (χ3v) is 4.67. The fraction of sp³-hybridized carbons (Fsp3) is 0.143. The highest BCUT2D eigenvalue weighted by molar-refractivity contribution is 6.09. The highest BCUT2D eigenvalue weighted by Crippen LogP contribution is 2.29. The standard InChI is InChI=1S/C21H17FN2O/c1-14-8-10-23-13-20(14)24-11-9-16-2-3-17(12-19(16)21(24)25)15-4-6-18(22)7-5-15/h2-8,10,12-13H,9,11H2,1H3. The highest BCUT2D eigenvalue weighted by atomic mass is 19.1. The molecule has 0 saturated heterocycles. The van der Waals surface area contributed by atoms with Crippen molar-refractivity contribution in [2.45, 2.75) is 13.3 Å². The first-order valence-electron chi connectivity index (χ1n) is 8.25. The van der Waals surface area contributed by atoms with Crippen LogP contribution in [0.25, 0.3) is 11.1 Å². The van der Waals surface area contributed by atoms with Gasteiger partial charge in [-0.25, -0.2) is 4.39 Å². The van der Waals surface area contributed by atoms with Crippen LogP contribution >= 0.6 is 0 Å². The van der Waals surface area contributed by atoms with Crippen molar-refractivity contribution in [1.82, 2.24) is 4.98 Å². The van der Waals surface area contributed by atoms with E-state index in [1.807, 2.05) is 31.2 Å². The van der Waals surface area contributed by atoms with Gasteiger partial charge in [0.05, 0.1) is 11.9 Å². The molecule has 4 heteroatoms. The van der Waals surface area contributed by atoms with Crippen LogP contribution < -0.4 is 4.90 Å². The summed E-state index contributed by atoms with van der Waals surface area (Å²) >= 11 is 0. The molecule has 124 valence electrons. The van der Waals surface area contributed by atoms with Crippen molar-refractivity contribution in [2.24, 2.45) is 0 Å². The Bertz CT molecular complexity index is 950. The highest BCUT2D eigenvalue weighted by Gasteiger charge is 2.26. The van der Waals surface area contributed by atoms with E-state index in [0.29, 0.717) is 12.1 Å². The number of anilines is 1. The van der Waals surface area contributed by atoms with E-state index in [1.165, 1.54) is 12.1 Å². The molecule has 0 fully saturated rings. The number of amides is 1. The van der Waals surface area contributed by atoms with Gasteiger partial charge in [-0.3, -0.25) is 9.78 Å².